The van der Waals surface area contributed by atoms with Crippen molar-refractivity contribution in [3.63, 3.8) is 0 Å². The molecule has 11 heteroatoms. The third-order valence-electron chi connectivity index (χ3n) is 13.6. The molecular weight excluding hydrogens is 859 g/mol. The molecule has 1 aliphatic rings. The second kappa shape index (κ2) is 46.2. The number of carbonyl (C=O) groups is 2. The number of hydrogen-bond donors (Lipinski definition) is 6. The standard InChI is InChI=1S/C57H107NO10/c1-4-7-10-13-16-19-22-25-26-27-30-33-36-39-42-45-52(62)68-55-54(64)53(63)51(46-59)67-57(55)66-47-48(49(60)43-40-37-34-31-28-23-20-17-14-11-8-5-2)58-56(65)50(61)44-41-38-35-32-29-24-21-18-15-12-9-6-3/h19,22,40,43,48-51,53-55,57,59-61,63-64H,4-18,20-21,23-39,41-42,44-47H2,1-3H3,(H,58,65)/b22-19-,43-40+. The van der Waals surface area contributed by atoms with E-state index in [0.717, 1.165) is 70.6 Å². The minimum atomic E-state index is -1.61. The van der Waals surface area contributed by atoms with E-state index in [1.807, 2.05) is 6.08 Å². The number of ether oxygens (including phenoxy) is 3. The van der Waals surface area contributed by atoms with Crippen LogP contribution in [0.25, 0.3) is 0 Å². The van der Waals surface area contributed by atoms with Crippen LogP contribution in [0.2, 0.25) is 0 Å². The van der Waals surface area contributed by atoms with Crippen LogP contribution in [0.4, 0.5) is 0 Å². The lowest BCUT2D eigenvalue weighted by molar-refractivity contribution is -0.305. The Balaban J connectivity index is 2.73. The molecule has 0 aromatic heterocycles. The van der Waals surface area contributed by atoms with Crippen molar-refractivity contribution >= 4 is 11.9 Å². The summed E-state index contributed by atoms with van der Waals surface area (Å²) < 4.78 is 17.6. The first-order valence-electron chi connectivity index (χ1n) is 28.6. The number of hydrogen-bond acceptors (Lipinski definition) is 10. The van der Waals surface area contributed by atoms with Gasteiger partial charge >= 0.3 is 5.97 Å². The topological polar surface area (TPSA) is 175 Å². The van der Waals surface area contributed by atoms with E-state index in [9.17, 15) is 35.1 Å². The van der Waals surface area contributed by atoms with E-state index in [0.29, 0.717) is 19.3 Å². The van der Waals surface area contributed by atoms with Gasteiger partial charge in [0.2, 0.25) is 5.91 Å². The van der Waals surface area contributed by atoms with Crippen LogP contribution in [0.15, 0.2) is 24.3 Å². The van der Waals surface area contributed by atoms with Crippen molar-refractivity contribution in [3.8, 4) is 0 Å². The Morgan fingerprint density at radius 3 is 1.44 bits per heavy atom. The maximum atomic E-state index is 13.3. The minimum Gasteiger partial charge on any atom is -0.454 e. The van der Waals surface area contributed by atoms with Crippen LogP contribution in [0, 0.1) is 0 Å². The number of esters is 1. The van der Waals surface area contributed by atoms with Crippen molar-refractivity contribution < 1.29 is 49.3 Å². The summed E-state index contributed by atoms with van der Waals surface area (Å²) in [5, 5.41) is 56.7. The fourth-order valence-electron chi connectivity index (χ4n) is 9.00. The van der Waals surface area contributed by atoms with Gasteiger partial charge in [0, 0.05) is 6.42 Å². The number of unbranched alkanes of at least 4 members (excludes halogenated alkanes) is 32. The number of carbonyl (C=O) groups excluding carboxylic acids is 2. The number of rotatable bonds is 48. The van der Waals surface area contributed by atoms with E-state index < -0.39 is 67.4 Å². The van der Waals surface area contributed by atoms with E-state index >= 15 is 0 Å². The zero-order valence-electron chi connectivity index (χ0n) is 44.0. The molecule has 400 valence electrons. The lowest BCUT2D eigenvalue weighted by Gasteiger charge is -2.41. The molecule has 8 atom stereocenters. The number of allylic oxidation sites excluding steroid dienone is 3. The fourth-order valence-corrected chi connectivity index (χ4v) is 9.00. The summed E-state index contributed by atoms with van der Waals surface area (Å²) in [7, 11) is 0. The van der Waals surface area contributed by atoms with Gasteiger partial charge in [-0.25, -0.2) is 0 Å². The summed E-state index contributed by atoms with van der Waals surface area (Å²) in [6.07, 6.45) is 40.7. The molecule has 8 unspecified atom stereocenters. The highest BCUT2D eigenvalue weighted by molar-refractivity contribution is 5.80. The normalized spacial score (nSPS) is 20.0. The van der Waals surface area contributed by atoms with Crippen LogP contribution in [-0.4, -0.2) is 99.6 Å². The molecule has 1 amide bonds. The summed E-state index contributed by atoms with van der Waals surface area (Å²) in [5.74, 6) is -1.19. The second-order valence-electron chi connectivity index (χ2n) is 20.0. The van der Waals surface area contributed by atoms with Crippen LogP contribution in [0.1, 0.15) is 265 Å². The van der Waals surface area contributed by atoms with Gasteiger partial charge in [0.05, 0.1) is 25.4 Å². The smallest absolute Gasteiger partial charge is 0.306 e. The summed E-state index contributed by atoms with van der Waals surface area (Å²) >= 11 is 0. The summed E-state index contributed by atoms with van der Waals surface area (Å²) in [6, 6.07) is -1.02. The molecule has 0 bridgehead atoms. The van der Waals surface area contributed by atoms with Crippen LogP contribution in [0.3, 0.4) is 0 Å². The third kappa shape index (κ3) is 34.5. The van der Waals surface area contributed by atoms with Gasteiger partial charge in [-0.1, -0.05) is 231 Å². The molecule has 0 radical (unpaired) electrons. The quantitative estimate of drug-likeness (QED) is 0.0196. The van der Waals surface area contributed by atoms with Gasteiger partial charge in [0.1, 0.15) is 24.4 Å². The largest absolute Gasteiger partial charge is 0.454 e. The molecule has 0 saturated carbocycles. The monoisotopic (exact) mass is 966 g/mol. The zero-order valence-corrected chi connectivity index (χ0v) is 44.0. The lowest BCUT2D eigenvalue weighted by atomic mass is 9.99. The predicted molar refractivity (Wildman–Crippen MR) is 278 cm³/mol. The van der Waals surface area contributed by atoms with Gasteiger partial charge in [0.15, 0.2) is 12.4 Å². The van der Waals surface area contributed by atoms with E-state index in [1.165, 1.54) is 148 Å². The molecule has 0 aromatic rings. The van der Waals surface area contributed by atoms with Crippen molar-refractivity contribution in [2.24, 2.45) is 0 Å². The Morgan fingerprint density at radius 1 is 0.559 bits per heavy atom. The average Bonchev–Trinajstić information content (AvgIpc) is 3.33. The second-order valence-corrected chi connectivity index (χ2v) is 20.0. The number of aliphatic hydroxyl groups excluding tert-OH is 5. The molecule has 0 spiro atoms. The summed E-state index contributed by atoms with van der Waals surface area (Å²) in [5.41, 5.74) is 0. The molecule has 1 rings (SSSR count). The number of aliphatic hydroxyl groups is 5. The Bertz CT molecular complexity index is 1200. The Kier molecular flexibility index (Phi) is 43.6. The summed E-state index contributed by atoms with van der Waals surface area (Å²) in [6.45, 7) is 5.76. The highest BCUT2D eigenvalue weighted by Gasteiger charge is 2.47. The van der Waals surface area contributed by atoms with E-state index in [4.69, 9.17) is 14.2 Å². The first-order chi connectivity index (χ1) is 33.2. The van der Waals surface area contributed by atoms with E-state index in [1.54, 1.807) is 6.08 Å². The highest BCUT2D eigenvalue weighted by Crippen LogP contribution is 2.26. The number of amides is 1. The molecule has 68 heavy (non-hydrogen) atoms. The molecule has 1 saturated heterocycles. The van der Waals surface area contributed by atoms with Crippen LogP contribution in [-0.2, 0) is 23.8 Å². The molecule has 0 aromatic carbocycles. The van der Waals surface area contributed by atoms with Gasteiger partial charge in [-0.05, 0) is 51.4 Å². The van der Waals surface area contributed by atoms with Crippen molar-refractivity contribution in [3.05, 3.63) is 24.3 Å². The number of nitrogens with one attached hydrogen (secondary N) is 1. The van der Waals surface area contributed by atoms with Gasteiger partial charge in [0.25, 0.3) is 0 Å². The molecule has 11 nitrogen and oxygen atoms in total. The summed E-state index contributed by atoms with van der Waals surface area (Å²) in [4.78, 5) is 26.4. The fraction of sp³-hybridized carbons (Fsp3) is 0.895. The molecule has 1 heterocycles. The maximum Gasteiger partial charge on any atom is 0.306 e. The Labute approximate surface area is 416 Å². The van der Waals surface area contributed by atoms with Crippen molar-refractivity contribution in [1.82, 2.24) is 5.32 Å². The van der Waals surface area contributed by atoms with Gasteiger partial charge in [-0.2, -0.15) is 0 Å². The van der Waals surface area contributed by atoms with E-state index in [2.05, 4.69) is 38.2 Å². The van der Waals surface area contributed by atoms with Crippen molar-refractivity contribution in [2.45, 2.75) is 314 Å². The van der Waals surface area contributed by atoms with Gasteiger partial charge in [-0.15, -0.1) is 0 Å². The predicted octanol–water partition coefficient (Wildman–Crippen LogP) is 12.6. The van der Waals surface area contributed by atoms with Gasteiger partial charge in [-0.3, -0.25) is 9.59 Å². The Morgan fingerprint density at radius 2 is 0.971 bits per heavy atom. The van der Waals surface area contributed by atoms with Gasteiger partial charge < -0.3 is 45.1 Å². The molecular formula is C57H107NO10. The van der Waals surface area contributed by atoms with Crippen molar-refractivity contribution in [2.75, 3.05) is 13.2 Å². The minimum absolute atomic E-state index is 0.122. The van der Waals surface area contributed by atoms with Crippen LogP contribution < -0.4 is 5.32 Å². The SMILES string of the molecule is CCCCCC/C=C\CCCCCCCCCC(=O)OC1C(OCC(NC(=O)C(O)CCCCCCCCCCCCCC)C(O)/C=C/CCCCCCCCCCCC)OC(CO)C(O)C1O. The zero-order chi connectivity index (χ0) is 49.7. The maximum absolute atomic E-state index is 13.3. The lowest BCUT2D eigenvalue weighted by Crippen LogP contribution is -2.61. The molecule has 1 fully saturated rings. The Hall–Kier alpha value is -1.86. The van der Waals surface area contributed by atoms with E-state index in [-0.39, 0.29) is 13.0 Å². The molecule has 0 aliphatic carbocycles. The van der Waals surface area contributed by atoms with Crippen LogP contribution >= 0.6 is 0 Å². The third-order valence-corrected chi connectivity index (χ3v) is 13.6. The van der Waals surface area contributed by atoms with Crippen molar-refractivity contribution in [1.29, 1.82) is 0 Å². The first-order valence-corrected chi connectivity index (χ1v) is 28.6. The highest BCUT2D eigenvalue weighted by atomic mass is 16.7. The first kappa shape index (κ1) is 64.2. The average molecular weight is 966 g/mol. The molecule has 1 aliphatic heterocycles. The van der Waals surface area contributed by atoms with Crippen LogP contribution in [0.5, 0.6) is 0 Å². The molecule has 6 N–H and O–H groups in total.